The highest BCUT2D eigenvalue weighted by Crippen LogP contribution is 2.22. The lowest BCUT2D eigenvalue weighted by Crippen LogP contribution is -2.30. The minimum absolute atomic E-state index is 0.366. The minimum Gasteiger partial charge on any atom is -0.316 e. The third kappa shape index (κ3) is 3.19. The average molecular weight is 286 g/mol. The van der Waals surface area contributed by atoms with Gasteiger partial charge in [0.05, 0.1) is 5.69 Å². The fraction of sp³-hybridized carbons (Fsp3) is 0.125. The zero-order valence-corrected chi connectivity index (χ0v) is 8.62. The van der Waals surface area contributed by atoms with Gasteiger partial charge in [0.25, 0.3) is 0 Å². The summed E-state index contributed by atoms with van der Waals surface area (Å²) in [6.07, 6.45) is -5.03. The monoisotopic (exact) mass is 285 g/mol. The molecular weight excluding hydrogens is 282 g/mol. The van der Waals surface area contributed by atoms with E-state index in [1.54, 1.807) is 0 Å². The van der Waals surface area contributed by atoms with Crippen molar-refractivity contribution in [3.05, 3.63) is 28.5 Å². The summed E-state index contributed by atoms with van der Waals surface area (Å²) in [4.78, 5) is 10.5. The molecule has 1 amide bonds. The van der Waals surface area contributed by atoms with Crippen LogP contribution in [0.2, 0.25) is 0 Å². The van der Waals surface area contributed by atoms with Crippen LogP contribution in [-0.2, 0) is 4.79 Å². The van der Waals surface area contributed by atoms with Crippen LogP contribution in [0.15, 0.2) is 22.7 Å². The van der Waals surface area contributed by atoms with Gasteiger partial charge in [0.15, 0.2) is 0 Å². The Bertz CT molecular complexity index is 391. The predicted molar refractivity (Wildman–Crippen MR) is 48.8 cm³/mol. The van der Waals surface area contributed by atoms with Crippen molar-refractivity contribution in [3.63, 3.8) is 0 Å². The third-order valence-electron chi connectivity index (χ3n) is 1.44. The van der Waals surface area contributed by atoms with Crippen LogP contribution >= 0.6 is 15.9 Å². The molecule has 0 heterocycles. The SMILES string of the molecule is O=C(Nc1ccc(Br)cc1F)C(F)(F)F. The maximum absolute atomic E-state index is 13.0. The molecule has 0 atom stereocenters. The molecule has 0 aliphatic rings. The molecule has 0 bridgehead atoms. The van der Waals surface area contributed by atoms with Crippen LogP contribution in [0.4, 0.5) is 23.2 Å². The molecule has 82 valence electrons. The van der Waals surface area contributed by atoms with E-state index in [4.69, 9.17) is 0 Å². The third-order valence-corrected chi connectivity index (χ3v) is 1.93. The summed E-state index contributed by atoms with van der Waals surface area (Å²) in [5.41, 5.74) is -0.513. The maximum atomic E-state index is 13.0. The molecule has 1 rings (SSSR count). The summed E-state index contributed by atoms with van der Waals surface area (Å²) in [6, 6.07) is 3.30. The molecule has 0 aliphatic carbocycles. The second-order valence-electron chi connectivity index (χ2n) is 2.58. The van der Waals surface area contributed by atoms with Gasteiger partial charge in [0.2, 0.25) is 0 Å². The van der Waals surface area contributed by atoms with Gasteiger partial charge in [-0.15, -0.1) is 0 Å². The first-order valence-corrected chi connectivity index (χ1v) is 4.43. The van der Waals surface area contributed by atoms with E-state index in [0.717, 1.165) is 12.1 Å². The van der Waals surface area contributed by atoms with Gasteiger partial charge in [-0.25, -0.2) is 4.39 Å². The van der Waals surface area contributed by atoms with Crippen molar-refractivity contribution in [2.45, 2.75) is 6.18 Å². The minimum atomic E-state index is -5.03. The second-order valence-corrected chi connectivity index (χ2v) is 3.49. The van der Waals surface area contributed by atoms with E-state index in [1.807, 2.05) is 0 Å². The Morgan fingerprint density at radius 1 is 1.33 bits per heavy atom. The summed E-state index contributed by atoms with van der Waals surface area (Å²) < 4.78 is 48.8. The van der Waals surface area contributed by atoms with E-state index < -0.39 is 23.6 Å². The molecule has 1 N–H and O–H groups in total. The van der Waals surface area contributed by atoms with Gasteiger partial charge in [-0.05, 0) is 18.2 Å². The fourth-order valence-corrected chi connectivity index (χ4v) is 1.12. The lowest BCUT2D eigenvalue weighted by molar-refractivity contribution is -0.167. The molecule has 0 unspecified atom stereocenters. The van der Waals surface area contributed by atoms with Crippen LogP contribution in [0, 0.1) is 5.82 Å². The van der Waals surface area contributed by atoms with Gasteiger partial charge in [-0.3, -0.25) is 4.79 Å². The molecule has 1 aromatic rings. The topological polar surface area (TPSA) is 29.1 Å². The zero-order chi connectivity index (χ0) is 11.6. The normalized spacial score (nSPS) is 11.3. The summed E-state index contributed by atoms with van der Waals surface area (Å²) in [5, 5.41) is 1.42. The number of halogens is 5. The van der Waals surface area contributed by atoms with E-state index in [9.17, 15) is 22.4 Å². The van der Waals surface area contributed by atoms with E-state index >= 15 is 0 Å². The van der Waals surface area contributed by atoms with Crippen molar-refractivity contribution in [3.8, 4) is 0 Å². The number of hydrogen-bond acceptors (Lipinski definition) is 1. The van der Waals surface area contributed by atoms with E-state index in [0.29, 0.717) is 4.47 Å². The molecule has 0 fully saturated rings. The molecule has 0 aromatic heterocycles. The number of rotatable bonds is 1. The number of benzene rings is 1. The smallest absolute Gasteiger partial charge is 0.316 e. The maximum Gasteiger partial charge on any atom is 0.471 e. The molecule has 0 spiro atoms. The van der Waals surface area contributed by atoms with Crippen LogP contribution in [0.5, 0.6) is 0 Å². The van der Waals surface area contributed by atoms with Gasteiger partial charge < -0.3 is 5.32 Å². The van der Waals surface area contributed by atoms with Gasteiger partial charge in [-0.2, -0.15) is 13.2 Å². The Morgan fingerprint density at radius 2 is 1.93 bits per heavy atom. The molecular formula is C8H4BrF4NO. The summed E-state index contributed by atoms with van der Waals surface area (Å²) in [7, 11) is 0. The van der Waals surface area contributed by atoms with Crippen molar-refractivity contribution in [1.29, 1.82) is 0 Å². The zero-order valence-electron chi connectivity index (χ0n) is 7.03. The molecule has 2 nitrogen and oxygen atoms in total. The standard InChI is InChI=1S/C8H4BrF4NO/c9-4-1-2-6(5(10)3-4)14-7(15)8(11,12)13/h1-3H,(H,14,15). The first kappa shape index (κ1) is 12.0. The fourth-order valence-electron chi connectivity index (χ4n) is 0.784. The van der Waals surface area contributed by atoms with E-state index in [1.165, 1.54) is 11.4 Å². The number of hydrogen-bond donors (Lipinski definition) is 1. The van der Waals surface area contributed by atoms with Crippen molar-refractivity contribution < 1.29 is 22.4 Å². The second kappa shape index (κ2) is 4.18. The van der Waals surface area contributed by atoms with Crippen molar-refractivity contribution in [1.82, 2.24) is 0 Å². The molecule has 1 aromatic carbocycles. The van der Waals surface area contributed by atoms with E-state index in [-0.39, 0.29) is 0 Å². The van der Waals surface area contributed by atoms with Crippen molar-refractivity contribution >= 4 is 27.5 Å². The number of amides is 1. The quantitative estimate of drug-likeness (QED) is 0.790. The Labute approximate surface area is 90.4 Å². The summed E-state index contributed by atoms with van der Waals surface area (Å²) in [6.45, 7) is 0. The summed E-state index contributed by atoms with van der Waals surface area (Å²) in [5.74, 6) is -3.15. The molecule has 7 heteroatoms. The highest BCUT2D eigenvalue weighted by molar-refractivity contribution is 9.10. The number of carbonyl (C=O) groups is 1. The highest BCUT2D eigenvalue weighted by Gasteiger charge is 2.39. The van der Waals surface area contributed by atoms with Crippen LogP contribution < -0.4 is 5.32 Å². The predicted octanol–water partition coefficient (Wildman–Crippen LogP) is 3.09. The summed E-state index contributed by atoms with van der Waals surface area (Å²) >= 11 is 2.93. The molecule has 0 saturated carbocycles. The van der Waals surface area contributed by atoms with Gasteiger partial charge in [0.1, 0.15) is 5.82 Å². The molecule has 0 radical (unpaired) electrons. The highest BCUT2D eigenvalue weighted by atomic mass is 79.9. The number of carbonyl (C=O) groups excluding carboxylic acids is 1. The molecule has 15 heavy (non-hydrogen) atoms. The van der Waals surface area contributed by atoms with Crippen LogP contribution in [0.3, 0.4) is 0 Å². The molecule has 0 saturated heterocycles. The van der Waals surface area contributed by atoms with Crippen LogP contribution in [0.25, 0.3) is 0 Å². The van der Waals surface area contributed by atoms with E-state index in [2.05, 4.69) is 15.9 Å². The lowest BCUT2D eigenvalue weighted by atomic mass is 10.3. The Balaban J connectivity index is 2.87. The molecule has 0 aliphatic heterocycles. The van der Waals surface area contributed by atoms with Gasteiger partial charge >= 0.3 is 12.1 Å². The number of anilines is 1. The van der Waals surface area contributed by atoms with Gasteiger partial charge in [0, 0.05) is 4.47 Å². The Morgan fingerprint density at radius 3 is 2.40 bits per heavy atom. The van der Waals surface area contributed by atoms with Crippen molar-refractivity contribution in [2.75, 3.05) is 5.32 Å². The van der Waals surface area contributed by atoms with Crippen molar-refractivity contribution in [2.24, 2.45) is 0 Å². The average Bonchev–Trinajstić information content (AvgIpc) is 2.08. The van der Waals surface area contributed by atoms with Crippen LogP contribution in [-0.4, -0.2) is 12.1 Å². The largest absolute Gasteiger partial charge is 0.471 e. The Kier molecular flexibility index (Phi) is 3.33. The number of alkyl halides is 3. The number of nitrogens with one attached hydrogen (secondary N) is 1. The first-order valence-electron chi connectivity index (χ1n) is 3.64. The lowest BCUT2D eigenvalue weighted by Gasteiger charge is -2.08. The first-order chi connectivity index (χ1) is 6.80. The van der Waals surface area contributed by atoms with Crippen LogP contribution in [0.1, 0.15) is 0 Å². The van der Waals surface area contributed by atoms with Gasteiger partial charge in [-0.1, -0.05) is 15.9 Å². The Hall–Kier alpha value is -1.11.